The Labute approximate surface area is 86.6 Å². The first kappa shape index (κ1) is 11.1. The largest absolute Gasteiger partial charge is 0.494 e. The standard InChI is InChI=1S/C10H10FN3O/c1-15-10-7-8(4-5-9(10)11)3-2-6-13-14-12/h2,4-7H,3H2,1H3/b6-2+. The van der Waals surface area contributed by atoms with Crippen molar-refractivity contribution < 1.29 is 9.13 Å². The second-order valence-corrected chi connectivity index (χ2v) is 2.76. The smallest absolute Gasteiger partial charge is 0.165 e. The summed E-state index contributed by atoms with van der Waals surface area (Å²) in [5.74, 6) is -0.176. The van der Waals surface area contributed by atoms with Crippen LogP contribution in [0.1, 0.15) is 5.56 Å². The average Bonchev–Trinajstić information content (AvgIpc) is 2.26. The van der Waals surface area contributed by atoms with Crippen LogP contribution in [-0.4, -0.2) is 7.11 Å². The third-order valence-electron chi connectivity index (χ3n) is 1.79. The van der Waals surface area contributed by atoms with Crippen molar-refractivity contribution in [3.8, 4) is 5.75 Å². The van der Waals surface area contributed by atoms with E-state index in [4.69, 9.17) is 10.3 Å². The number of nitrogens with zero attached hydrogens (tertiary/aromatic N) is 3. The van der Waals surface area contributed by atoms with Crippen molar-refractivity contribution in [1.29, 1.82) is 0 Å². The molecule has 0 aliphatic rings. The molecule has 0 spiro atoms. The summed E-state index contributed by atoms with van der Waals surface area (Å²) in [4.78, 5) is 2.57. The van der Waals surface area contributed by atoms with E-state index in [9.17, 15) is 4.39 Å². The number of methoxy groups -OCH3 is 1. The van der Waals surface area contributed by atoms with Crippen molar-refractivity contribution in [1.82, 2.24) is 0 Å². The molecule has 78 valence electrons. The van der Waals surface area contributed by atoms with Gasteiger partial charge in [0.15, 0.2) is 11.6 Å². The summed E-state index contributed by atoms with van der Waals surface area (Å²) in [5.41, 5.74) is 8.91. The van der Waals surface area contributed by atoms with Crippen LogP contribution in [0.4, 0.5) is 4.39 Å². The highest BCUT2D eigenvalue weighted by molar-refractivity contribution is 5.31. The van der Waals surface area contributed by atoms with Crippen LogP contribution in [0.3, 0.4) is 0 Å². The fourth-order valence-electron chi connectivity index (χ4n) is 1.10. The fourth-order valence-corrected chi connectivity index (χ4v) is 1.10. The Balaban J connectivity index is 2.74. The number of rotatable bonds is 4. The highest BCUT2D eigenvalue weighted by Crippen LogP contribution is 2.18. The quantitative estimate of drug-likeness (QED) is 0.425. The minimum Gasteiger partial charge on any atom is -0.494 e. The third-order valence-corrected chi connectivity index (χ3v) is 1.79. The Morgan fingerprint density at radius 2 is 2.40 bits per heavy atom. The maximum atomic E-state index is 13.0. The second-order valence-electron chi connectivity index (χ2n) is 2.76. The SMILES string of the molecule is COc1cc(C/C=C/N=[N+]=[N-])ccc1F. The molecular formula is C10H10FN3O. The van der Waals surface area contributed by atoms with Crippen LogP contribution < -0.4 is 4.74 Å². The molecule has 1 aromatic rings. The Morgan fingerprint density at radius 1 is 1.60 bits per heavy atom. The normalized spacial score (nSPS) is 10.0. The van der Waals surface area contributed by atoms with Gasteiger partial charge >= 0.3 is 0 Å². The van der Waals surface area contributed by atoms with E-state index < -0.39 is 0 Å². The van der Waals surface area contributed by atoms with E-state index in [2.05, 4.69) is 10.0 Å². The lowest BCUT2D eigenvalue weighted by molar-refractivity contribution is 0.386. The van der Waals surface area contributed by atoms with E-state index >= 15 is 0 Å². The van der Waals surface area contributed by atoms with Crippen LogP contribution in [0.15, 0.2) is 35.6 Å². The van der Waals surface area contributed by atoms with E-state index in [0.29, 0.717) is 6.42 Å². The van der Waals surface area contributed by atoms with Crippen molar-refractivity contribution in [2.24, 2.45) is 5.11 Å². The van der Waals surface area contributed by atoms with Gasteiger partial charge in [-0.15, -0.1) is 0 Å². The van der Waals surface area contributed by atoms with E-state index in [1.165, 1.54) is 19.4 Å². The average molecular weight is 207 g/mol. The molecule has 0 aliphatic heterocycles. The van der Waals surface area contributed by atoms with Gasteiger partial charge in [-0.25, -0.2) is 4.39 Å². The summed E-state index contributed by atoms with van der Waals surface area (Å²) >= 11 is 0. The molecule has 0 atom stereocenters. The van der Waals surface area contributed by atoms with Crippen LogP contribution in [-0.2, 0) is 6.42 Å². The van der Waals surface area contributed by atoms with E-state index in [-0.39, 0.29) is 11.6 Å². The second kappa shape index (κ2) is 5.67. The molecule has 0 aliphatic carbocycles. The lowest BCUT2D eigenvalue weighted by atomic mass is 10.1. The van der Waals surface area contributed by atoms with Crippen LogP contribution in [0.5, 0.6) is 5.75 Å². The number of azide groups is 1. The lowest BCUT2D eigenvalue weighted by Gasteiger charge is -2.03. The van der Waals surface area contributed by atoms with Crippen molar-refractivity contribution in [2.75, 3.05) is 7.11 Å². The van der Waals surface area contributed by atoms with Crippen LogP contribution in [0.2, 0.25) is 0 Å². The van der Waals surface area contributed by atoms with Crippen molar-refractivity contribution in [3.63, 3.8) is 0 Å². The predicted molar refractivity (Wildman–Crippen MR) is 54.9 cm³/mol. The molecule has 0 bridgehead atoms. The topological polar surface area (TPSA) is 58.0 Å². The molecule has 0 radical (unpaired) electrons. The first-order chi connectivity index (χ1) is 7.27. The van der Waals surface area contributed by atoms with E-state index in [1.54, 1.807) is 18.2 Å². The van der Waals surface area contributed by atoms with E-state index in [0.717, 1.165) is 5.56 Å². The zero-order chi connectivity index (χ0) is 11.1. The van der Waals surface area contributed by atoms with Gasteiger partial charge in [0, 0.05) is 4.91 Å². The molecule has 1 aromatic carbocycles. The Hall–Kier alpha value is -2.00. The van der Waals surface area contributed by atoms with Gasteiger partial charge in [0.1, 0.15) is 0 Å². The van der Waals surface area contributed by atoms with Crippen molar-refractivity contribution in [2.45, 2.75) is 6.42 Å². The number of ether oxygens (including phenoxy) is 1. The van der Waals surface area contributed by atoms with Gasteiger partial charge in [-0.05, 0) is 35.8 Å². The van der Waals surface area contributed by atoms with Gasteiger partial charge in [-0.2, -0.15) is 0 Å². The van der Waals surface area contributed by atoms with Crippen molar-refractivity contribution in [3.05, 3.63) is 52.3 Å². The highest BCUT2D eigenvalue weighted by Gasteiger charge is 2.01. The number of hydrogen-bond donors (Lipinski definition) is 0. The molecule has 0 heterocycles. The summed E-state index contributed by atoms with van der Waals surface area (Å²) in [6.45, 7) is 0. The molecule has 0 aromatic heterocycles. The van der Waals surface area contributed by atoms with Crippen LogP contribution in [0, 0.1) is 5.82 Å². The molecule has 0 saturated heterocycles. The van der Waals surface area contributed by atoms with Gasteiger partial charge in [0.25, 0.3) is 0 Å². The first-order valence-electron chi connectivity index (χ1n) is 4.29. The molecule has 1 rings (SSSR count). The zero-order valence-corrected chi connectivity index (χ0v) is 8.22. The molecule has 0 saturated carbocycles. The van der Waals surface area contributed by atoms with Crippen molar-refractivity contribution >= 4 is 0 Å². The lowest BCUT2D eigenvalue weighted by Crippen LogP contribution is -1.90. The number of hydrogen-bond acceptors (Lipinski definition) is 2. The maximum Gasteiger partial charge on any atom is 0.165 e. The van der Waals surface area contributed by atoms with Crippen LogP contribution >= 0.6 is 0 Å². The third kappa shape index (κ3) is 3.32. The number of allylic oxidation sites excluding steroid dienone is 1. The summed E-state index contributed by atoms with van der Waals surface area (Å²) in [6.07, 6.45) is 3.61. The Kier molecular flexibility index (Phi) is 4.19. The molecule has 0 amide bonds. The monoisotopic (exact) mass is 207 g/mol. The summed E-state index contributed by atoms with van der Waals surface area (Å²) in [6, 6.07) is 4.60. The maximum absolute atomic E-state index is 13.0. The zero-order valence-electron chi connectivity index (χ0n) is 8.22. The number of benzene rings is 1. The van der Waals surface area contributed by atoms with Gasteiger partial charge in [-0.3, -0.25) is 0 Å². The molecule has 0 N–H and O–H groups in total. The minimum atomic E-state index is -0.389. The predicted octanol–water partition coefficient (Wildman–Crippen LogP) is 3.20. The Bertz CT molecular complexity index is 411. The minimum absolute atomic E-state index is 0.213. The van der Waals surface area contributed by atoms with E-state index in [1.807, 2.05) is 0 Å². The molecule has 5 heteroatoms. The first-order valence-corrected chi connectivity index (χ1v) is 4.29. The summed E-state index contributed by atoms with van der Waals surface area (Å²) in [5, 5.41) is 3.24. The highest BCUT2D eigenvalue weighted by atomic mass is 19.1. The van der Waals surface area contributed by atoms with Gasteiger partial charge < -0.3 is 4.74 Å². The number of halogens is 1. The Morgan fingerprint density at radius 3 is 3.07 bits per heavy atom. The fraction of sp³-hybridized carbons (Fsp3) is 0.200. The summed E-state index contributed by atoms with van der Waals surface area (Å²) in [7, 11) is 1.41. The summed E-state index contributed by atoms with van der Waals surface area (Å²) < 4.78 is 17.8. The van der Waals surface area contributed by atoms with Gasteiger partial charge in [0.2, 0.25) is 0 Å². The van der Waals surface area contributed by atoms with Gasteiger partial charge in [-0.1, -0.05) is 17.3 Å². The van der Waals surface area contributed by atoms with Gasteiger partial charge in [0.05, 0.1) is 7.11 Å². The molecule has 0 unspecified atom stereocenters. The van der Waals surface area contributed by atoms with Crippen LogP contribution in [0.25, 0.3) is 10.4 Å². The molecule has 15 heavy (non-hydrogen) atoms. The molecule has 0 fully saturated rings. The molecule has 4 nitrogen and oxygen atoms in total. The molecular weight excluding hydrogens is 197 g/mol.